The lowest BCUT2D eigenvalue weighted by molar-refractivity contribution is -0.142. The predicted octanol–water partition coefficient (Wildman–Crippen LogP) is 3.59. The normalized spacial score (nSPS) is 13.9. The third kappa shape index (κ3) is 8.48. The molecule has 0 spiro atoms. The molecule has 0 saturated heterocycles. The Balaban J connectivity index is 1.34. The van der Waals surface area contributed by atoms with Crippen LogP contribution in [0.1, 0.15) is 37.0 Å². The molecule has 8 N–H and O–H groups in total. The molecule has 5 rings (SSSR count). The lowest BCUT2D eigenvalue weighted by Crippen LogP contribution is -2.58. The number of carbonyl (C=O) groups is 4. The van der Waals surface area contributed by atoms with Gasteiger partial charge >= 0.3 is 5.97 Å². The third-order valence-corrected chi connectivity index (χ3v) is 8.42. The number of amides is 3. The second-order valence-corrected chi connectivity index (χ2v) is 12.6. The Morgan fingerprint density at radius 2 is 1.15 bits per heavy atom. The van der Waals surface area contributed by atoms with E-state index >= 15 is 0 Å². The van der Waals surface area contributed by atoms with Gasteiger partial charge in [0.15, 0.2) is 0 Å². The van der Waals surface area contributed by atoms with Gasteiger partial charge in [-0.2, -0.15) is 0 Å². The summed E-state index contributed by atoms with van der Waals surface area (Å²) in [5, 5.41) is 20.1. The molecule has 11 heteroatoms. The third-order valence-electron chi connectivity index (χ3n) is 8.42. The number of aliphatic carboxylic acids is 1. The summed E-state index contributed by atoms with van der Waals surface area (Å²) in [6, 6.07) is 20.0. The van der Waals surface area contributed by atoms with Gasteiger partial charge in [0.05, 0.1) is 6.04 Å². The number of aromatic amines is 2. The van der Waals surface area contributed by atoms with Gasteiger partial charge < -0.3 is 36.8 Å². The molecule has 11 nitrogen and oxygen atoms in total. The molecule has 3 amide bonds. The fourth-order valence-electron chi connectivity index (χ4n) is 5.94. The number of rotatable bonds is 15. The van der Waals surface area contributed by atoms with E-state index in [4.69, 9.17) is 5.73 Å². The van der Waals surface area contributed by atoms with Gasteiger partial charge in [0, 0.05) is 47.0 Å². The maximum Gasteiger partial charge on any atom is 0.326 e. The van der Waals surface area contributed by atoms with E-state index in [0.717, 1.165) is 38.5 Å². The number of hydrogen-bond donors (Lipinski definition) is 7. The van der Waals surface area contributed by atoms with E-state index in [2.05, 4.69) is 25.9 Å². The van der Waals surface area contributed by atoms with Gasteiger partial charge in [0.25, 0.3) is 0 Å². The van der Waals surface area contributed by atoms with Crippen LogP contribution in [-0.2, 0) is 38.4 Å². The van der Waals surface area contributed by atoms with Crippen molar-refractivity contribution in [1.29, 1.82) is 0 Å². The summed E-state index contributed by atoms with van der Waals surface area (Å²) >= 11 is 0. The Labute approximate surface area is 278 Å². The summed E-state index contributed by atoms with van der Waals surface area (Å²) in [7, 11) is 0. The molecule has 0 bridgehead atoms. The molecule has 250 valence electrons. The highest BCUT2D eigenvalue weighted by Crippen LogP contribution is 2.21. The van der Waals surface area contributed by atoms with Crippen LogP contribution in [0, 0.1) is 5.92 Å². The number of benzene rings is 3. The summed E-state index contributed by atoms with van der Waals surface area (Å²) in [6.07, 6.45) is 4.30. The molecule has 3 aromatic carbocycles. The minimum absolute atomic E-state index is 0.0223. The Kier molecular flexibility index (Phi) is 10.9. The van der Waals surface area contributed by atoms with Crippen molar-refractivity contribution < 1.29 is 24.3 Å². The molecule has 2 aromatic heterocycles. The smallest absolute Gasteiger partial charge is 0.326 e. The number of para-hydroxylation sites is 2. The van der Waals surface area contributed by atoms with E-state index in [0.29, 0.717) is 6.42 Å². The van der Waals surface area contributed by atoms with Gasteiger partial charge in [-0.3, -0.25) is 14.4 Å². The summed E-state index contributed by atoms with van der Waals surface area (Å²) < 4.78 is 0. The zero-order valence-corrected chi connectivity index (χ0v) is 27.0. The van der Waals surface area contributed by atoms with Crippen molar-refractivity contribution in [2.45, 2.75) is 63.7 Å². The van der Waals surface area contributed by atoms with Crippen LogP contribution in [0.25, 0.3) is 21.8 Å². The van der Waals surface area contributed by atoms with Crippen molar-refractivity contribution in [2.24, 2.45) is 11.7 Å². The van der Waals surface area contributed by atoms with Crippen LogP contribution < -0.4 is 21.7 Å². The average Bonchev–Trinajstić information content (AvgIpc) is 3.67. The van der Waals surface area contributed by atoms with Gasteiger partial charge in [-0.25, -0.2) is 4.79 Å². The Morgan fingerprint density at radius 3 is 1.73 bits per heavy atom. The summed E-state index contributed by atoms with van der Waals surface area (Å²) in [5.41, 5.74) is 10.5. The summed E-state index contributed by atoms with van der Waals surface area (Å²) in [6.45, 7) is 3.85. The van der Waals surface area contributed by atoms with E-state index in [1.54, 1.807) is 30.5 Å². The molecule has 48 heavy (non-hydrogen) atoms. The van der Waals surface area contributed by atoms with Gasteiger partial charge in [0.2, 0.25) is 17.7 Å². The Bertz CT molecular complexity index is 1880. The number of H-pyrrole nitrogens is 2. The Morgan fingerprint density at radius 1 is 0.646 bits per heavy atom. The number of carboxylic acid groups (broad SMARTS) is 1. The van der Waals surface area contributed by atoms with Crippen molar-refractivity contribution in [3.8, 4) is 0 Å². The zero-order chi connectivity index (χ0) is 34.2. The molecule has 0 fully saturated rings. The van der Waals surface area contributed by atoms with E-state index in [-0.39, 0.29) is 25.2 Å². The number of carboxylic acids is 1. The van der Waals surface area contributed by atoms with Gasteiger partial charge in [0.1, 0.15) is 18.1 Å². The number of hydrogen-bond acceptors (Lipinski definition) is 5. The molecule has 0 saturated carbocycles. The van der Waals surface area contributed by atoms with E-state index in [1.807, 2.05) is 74.6 Å². The Hall–Kier alpha value is -5.42. The van der Waals surface area contributed by atoms with Crippen LogP contribution in [-0.4, -0.2) is 62.9 Å². The molecule has 2 heterocycles. The molecule has 5 aromatic rings. The molecular formula is C37H42N6O5. The largest absolute Gasteiger partial charge is 0.480 e. The second kappa shape index (κ2) is 15.4. The van der Waals surface area contributed by atoms with Gasteiger partial charge in [-0.1, -0.05) is 80.6 Å². The number of carbonyl (C=O) groups excluding carboxylic acids is 3. The lowest BCUT2D eigenvalue weighted by atomic mass is 9.99. The molecule has 4 unspecified atom stereocenters. The van der Waals surface area contributed by atoms with E-state index in [9.17, 15) is 24.3 Å². The minimum Gasteiger partial charge on any atom is -0.480 e. The highest BCUT2D eigenvalue weighted by molar-refractivity contribution is 5.95. The zero-order valence-electron chi connectivity index (χ0n) is 27.0. The van der Waals surface area contributed by atoms with Crippen molar-refractivity contribution in [3.05, 3.63) is 108 Å². The molecule has 4 atom stereocenters. The van der Waals surface area contributed by atoms with Gasteiger partial charge in [-0.05, 0) is 47.6 Å². The minimum atomic E-state index is -1.23. The van der Waals surface area contributed by atoms with Crippen molar-refractivity contribution in [1.82, 2.24) is 25.9 Å². The SMILES string of the molecule is CC(C)CC(NC(=O)C(N)Cc1c[nH]c2ccccc12)C(=O)NC(Cc1c[nH]c2ccccc12)C(=O)NC(Cc1ccccc1)C(=O)O. The molecule has 0 aliphatic carbocycles. The number of fused-ring (bicyclic) bond motifs is 2. The average molecular weight is 651 g/mol. The lowest BCUT2D eigenvalue weighted by Gasteiger charge is -2.26. The second-order valence-electron chi connectivity index (χ2n) is 12.6. The molecule has 0 aliphatic heterocycles. The topological polar surface area (TPSA) is 182 Å². The highest BCUT2D eigenvalue weighted by Gasteiger charge is 2.31. The first-order valence-corrected chi connectivity index (χ1v) is 16.1. The van der Waals surface area contributed by atoms with Crippen LogP contribution in [0.5, 0.6) is 0 Å². The number of nitrogens with one attached hydrogen (secondary N) is 5. The first-order chi connectivity index (χ1) is 23.1. The monoisotopic (exact) mass is 650 g/mol. The summed E-state index contributed by atoms with van der Waals surface area (Å²) in [4.78, 5) is 59.6. The highest BCUT2D eigenvalue weighted by atomic mass is 16.4. The first-order valence-electron chi connectivity index (χ1n) is 16.1. The maximum absolute atomic E-state index is 13.9. The fourth-order valence-corrected chi connectivity index (χ4v) is 5.94. The van der Waals surface area contributed by atoms with Crippen LogP contribution in [0.15, 0.2) is 91.3 Å². The van der Waals surface area contributed by atoms with Crippen LogP contribution in [0.3, 0.4) is 0 Å². The van der Waals surface area contributed by atoms with Crippen molar-refractivity contribution in [2.75, 3.05) is 0 Å². The van der Waals surface area contributed by atoms with E-state index < -0.39 is 47.9 Å². The predicted molar refractivity (Wildman–Crippen MR) is 185 cm³/mol. The summed E-state index contributed by atoms with van der Waals surface area (Å²) in [5.74, 6) is -2.88. The van der Waals surface area contributed by atoms with Crippen molar-refractivity contribution >= 4 is 45.5 Å². The van der Waals surface area contributed by atoms with Gasteiger partial charge in [-0.15, -0.1) is 0 Å². The quantitative estimate of drug-likeness (QED) is 0.0909. The standard InChI is InChI=1S/C37H42N6O5/c1-22(2)16-31(41-34(44)28(38)18-24-20-39-29-14-8-6-12-26(24)29)35(45)42-32(19-25-21-40-30-15-9-7-13-27(25)30)36(46)43-33(37(47)48)17-23-10-4-3-5-11-23/h3-15,20-22,28,31-33,39-40H,16-19,38H2,1-2H3,(H,41,44)(H,42,45)(H,43,46)(H,47,48). The van der Waals surface area contributed by atoms with Crippen LogP contribution >= 0.6 is 0 Å². The number of aromatic nitrogens is 2. The van der Waals surface area contributed by atoms with Crippen LogP contribution in [0.4, 0.5) is 0 Å². The number of nitrogens with two attached hydrogens (primary N) is 1. The van der Waals surface area contributed by atoms with E-state index in [1.165, 1.54) is 0 Å². The van der Waals surface area contributed by atoms with Crippen molar-refractivity contribution in [3.63, 3.8) is 0 Å². The molecule has 0 radical (unpaired) electrons. The maximum atomic E-state index is 13.9. The fraction of sp³-hybridized carbons (Fsp3) is 0.297. The first kappa shape index (κ1) is 33.9. The van der Waals surface area contributed by atoms with Crippen LogP contribution in [0.2, 0.25) is 0 Å². The molecular weight excluding hydrogens is 608 g/mol. The molecule has 0 aliphatic rings.